The summed E-state index contributed by atoms with van der Waals surface area (Å²) in [5.74, 6) is 0.0212. The SMILES string of the molecule is CCC1C=CC=CC1(Cl)n1cc(C#N)cc1C(=O)Cl. The lowest BCUT2D eigenvalue weighted by Crippen LogP contribution is -2.35. The summed E-state index contributed by atoms with van der Waals surface area (Å²) in [6.45, 7) is 2.02. The lowest BCUT2D eigenvalue weighted by molar-refractivity contribution is 0.106. The molecule has 1 aromatic heterocycles. The van der Waals surface area contributed by atoms with E-state index in [1.165, 1.54) is 6.07 Å². The highest BCUT2D eigenvalue weighted by Crippen LogP contribution is 2.40. The molecule has 0 bridgehead atoms. The Morgan fingerprint density at radius 3 is 2.89 bits per heavy atom. The van der Waals surface area contributed by atoms with Crippen LogP contribution in [0.15, 0.2) is 36.6 Å². The van der Waals surface area contributed by atoms with Crippen LogP contribution in [0.25, 0.3) is 0 Å². The summed E-state index contributed by atoms with van der Waals surface area (Å²) >= 11 is 12.3. The van der Waals surface area contributed by atoms with Crippen LogP contribution in [0, 0.1) is 17.2 Å². The van der Waals surface area contributed by atoms with Crippen LogP contribution in [-0.4, -0.2) is 9.81 Å². The van der Waals surface area contributed by atoms with Crippen LogP contribution in [0.4, 0.5) is 0 Å². The summed E-state index contributed by atoms with van der Waals surface area (Å²) < 4.78 is 1.58. The first-order valence-corrected chi connectivity index (χ1v) is 6.66. The Bertz CT molecular complexity index is 609. The van der Waals surface area contributed by atoms with Crippen molar-refractivity contribution in [2.24, 2.45) is 5.92 Å². The Morgan fingerprint density at radius 1 is 1.58 bits per heavy atom. The molecule has 1 aromatic rings. The molecule has 3 nitrogen and oxygen atoms in total. The zero-order valence-electron chi connectivity index (χ0n) is 10.3. The van der Waals surface area contributed by atoms with Crippen molar-refractivity contribution in [2.75, 3.05) is 0 Å². The molecule has 0 N–H and O–H groups in total. The van der Waals surface area contributed by atoms with E-state index in [1.54, 1.807) is 10.8 Å². The van der Waals surface area contributed by atoms with E-state index >= 15 is 0 Å². The number of nitriles is 1. The quantitative estimate of drug-likeness (QED) is 0.629. The number of nitrogens with zero attached hydrogens (tertiary/aromatic N) is 2. The van der Waals surface area contributed by atoms with Crippen molar-refractivity contribution >= 4 is 28.4 Å². The number of rotatable bonds is 3. The number of hydrogen-bond acceptors (Lipinski definition) is 2. The first-order chi connectivity index (χ1) is 9.02. The van der Waals surface area contributed by atoms with Crippen LogP contribution in [0.5, 0.6) is 0 Å². The van der Waals surface area contributed by atoms with Crippen LogP contribution in [0.3, 0.4) is 0 Å². The van der Waals surface area contributed by atoms with Gasteiger partial charge in [-0.3, -0.25) is 4.79 Å². The van der Waals surface area contributed by atoms with Gasteiger partial charge in [0.1, 0.15) is 16.8 Å². The summed E-state index contributed by atoms with van der Waals surface area (Å²) in [5, 5.41) is 8.34. The molecule has 0 amide bonds. The molecule has 0 radical (unpaired) electrons. The summed E-state index contributed by atoms with van der Waals surface area (Å²) in [6.07, 6.45) is 9.92. The predicted molar refractivity (Wildman–Crippen MR) is 75.2 cm³/mol. The minimum Gasteiger partial charge on any atom is -0.319 e. The van der Waals surface area contributed by atoms with E-state index in [1.807, 2.05) is 37.3 Å². The van der Waals surface area contributed by atoms with Crippen LogP contribution in [0.2, 0.25) is 0 Å². The Morgan fingerprint density at radius 2 is 2.32 bits per heavy atom. The van der Waals surface area contributed by atoms with Crippen LogP contribution >= 0.6 is 23.2 Å². The third-order valence-corrected chi connectivity index (χ3v) is 4.05. The van der Waals surface area contributed by atoms with Gasteiger partial charge in [-0.2, -0.15) is 5.26 Å². The van der Waals surface area contributed by atoms with E-state index in [-0.39, 0.29) is 11.6 Å². The maximum absolute atomic E-state index is 11.5. The molecule has 0 spiro atoms. The zero-order valence-corrected chi connectivity index (χ0v) is 11.8. The second-order valence-electron chi connectivity index (χ2n) is 4.36. The van der Waals surface area contributed by atoms with Gasteiger partial charge in [0.05, 0.1) is 5.56 Å². The topological polar surface area (TPSA) is 45.8 Å². The molecule has 5 heteroatoms. The zero-order chi connectivity index (χ0) is 14.0. The largest absolute Gasteiger partial charge is 0.319 e. The smallest absolute Gasteiger partial charge is 0.268 e. The standard InChI is InChI=1S/C14H12Cl2N2O/c1-2-11-5-3-4-6-14(11,16)18-9-10(8-17)7-12(18)13(15)19/h3-7,9,11H,2H2,1H3. The second kappa shape index (κ2) is 5.24. The Hall–Kier alpha value is -1.50. The molecule has 2 rings (SSSR count). The molecule has 1 aliphatic carbocycles. The molecular formula is C14H12Cl2N2O. The number of carbonyl (C=O) groups is 1. The van der Waals surface area contributed by atoms with Crippen molar-refractivity contribution in [1.29, 1.82) is 5.26 Å². The second-order valence-corrected chi connectivity index (χ2v) is 5.30. The van der Waals surface area contributed by atoms with Crippen LogP contribution < -0.4 is 0 Å². The number of aromatic nitrogens is 1. The van der Waals surface area contributed by atoms with Gasteiger partial charge in [0.25, 0.3) is 5.24 Å². The highest BCUT2D eigenvalue weighted by Gasteiger charge is 2.37. The van der Waals surface area contributed by atoms with Gasteiger partial charge < -0.3 is 4.57 Å². The number of allylic oxidation sites excluding steroid dienone is 4. The van der Waals surface area contributed by atoms with Gasteiger partial charge >= 0.3 is 0 Å². The van der Waals surface area contributed by atoms with E-state index in [4.69, 9.17) is 28.5 Å². The van der Waals surface area contributed by atoms with E-state index in [2.05, 4.69) is 0 Å². The average molecular weight is 295 g/mol. The molecule has 2 unspecified atom stereocenters. The van der Waals surface area contributed by atoms with Gasteiger partial charge in [0, 0.05) is 12.1 Å². The van der Waals surface area contributed by atoms with Gasteiger partial charge in [0.2, 0.25) is 0 Å². The maximum atomic E-state index is 11.5. The summed E-state index contributed by atoms with van der Waals surface area (Å²) in [6, 6.07) is 3.46. The molecule has 0 fully saturated rings. The first-order valence-electron chi connectivity index (χ1n) is 5.90. The Kier molecular flexibility index (Phi) is 3.84. The van der Waals surface area contributed by atoms with Crippen LogP contribution in [-0.2, 0) is 5.00 Å². The Balaban J connectivity index is 2.60. The van der Waals surface area contributed by atoms with Gasteiger partial charge in [0.15, 0.2) is 0 Å². The van der Waals surface area contributed by atoms with Gasteiger partial charge in [-0.05, 0) is 30.2 Å². The van der Waals surface area contributed by atoms with Gasteiger partial charge in [-0.25, -0.2) is 0 Å². The van der Waals surface area contributed by atoms with Crippen molar-refractivity contribution in [2.45, 2.75) is 18.3 Å². The van der Waals surface area contributed by atoms with Crippen molar-refractivity contribution in [3.8, 4) is 6.07 Å². The molecule has 0 saturated carbocycles. The number of halogens is 2. The van der Waals surface area contributed by atoms with Crippen molar-refractivity contribution < 1.29 is 4.79 Å². The molecule has 2 atom stereocenters. The van der Waals surface area contributed by atoms with E-state index < -0.39 is 10.2 Å². The highest BCUT2D eigenvalue weighted by atomic mass is 35.5. The molecule has 19 heavy (non-hydrogen) atoms. The highest BCUT2D eigenvalue weighted by molar-refractivity contribution is 6.67. The van der Waals surface area contributed by atoms with E-state index in [0.717, 1.165) is 6.42 Å². The molecule has 0 saturated heterocycles. The lowest BCUT2D eigenvalue weighted by atomic mass is 9.91. The fourth-order valence-corrected chi connectivity index (χ4v) is 2.87. The van der Waals surface area contributed by atoms with Crippen molar-refractivity contribution in [1.82, 2.24) is 4.57 Å². The molecular weight excluding hydrogens is 283 g/mol. The first kappa shape index (κ1) is 13.9. The lowest BCUT2D eigenvalue weighted by Gasteiger charge is -2.34. The Labute approximate surface area is 121 Å². The summed E-state index contributed by atoms with van der Waals surface area (Å²) in [5.41, 5.74) is 0.591. The minimum absolute atomic E-state index is 0.0212. The molecule has 98 valence electrons. The van der Waals surface area contributed by atoms with Gasteiger partial charge in [-0.1, -0.05) is 36.8 Å². The summed E-state index contributed by atoms with van der Waals surface area (Å²) in [4.78, 5) is 10.6. The maximum Gasteiger partial charge on any atom is 0.268 e. The third kappa shape index (κ3) is 2.34. The summed E-state index contributed by atoms with van der Waals surface area (Å²) in [7, 11) is 0. The van der Waals surface area contributed by atoms with Gasteiger partial charge in [-0.15, -0.1) is 0 Å². The van der Waals surface area contributed by atoms with E-state index in [9.17, 15) is 4.79 Å². The number of alkyl halides is 1. The average Bonchev–Trinajstić information content (AvgIpc) is 2.84. The monoisotopic (exact) mass is 294 g/mol. The number of hydrogen-bond donors (Lipinski definition) is 0. The fourth-order valence-electron chi connectivity index (χ4n) is 2.29. The van der Waals surface area contributed by atoms with Crippen molar-refractivity contribution in [3.05, 3.63) is 47.8 Å². The fraction of sp³-hybridized carbons (Fsp3) is 0.286. The third-order valence-electron chi connectivity index (χ3n) is 3.26. The minimum atomic E-state index is -0.904. The molecule has 0 aliphatic heterocycles. The van der Waals surface area contributed by atoms with Crippen molar-refractivity contribution in [3.63, 3.8) is 0 Å². The van der Waals surface area contributed by atoms with Crippen LogP contribution in [0.1, 0.15) is 29.4 Å². The molecule has 1 heterocycles. The van der Waals surface area contributed by atoms with E-state index in [0.29, 0.717) is 5.56 Å². The normalized spacial score (nSPS) is 25.3. The molecule has 0 aromatic carbocycles. The predicted octanol–water partition coefficient (Wildman–Crippen LogP) is 3.78. The number of carbonyl (C=O) groups excluding carboxylic acids is 1. The molecule has 1 aliphatic rings.